The summed E-state index contributed by atoms with van der Waals surface area (Å²) in [6, 6.07) is 8.21. The quantitative estimate of drug-likeness (QED) is 0.617. The van der Waals surface area contributed by atoms with Gasteiger partial charge in [0.15, 0.2) is 16.1 Å². The maximum absolute atomic E-state index is 12.5. The number of hydrogen-bond acceptors (Lipinski definition) is 6. The van der Waals surface area contributed by atoms with Gasteiger partial charge in [-0.25, -0.2) is 4.98 Å². The molecule has 0 bridgehead atoms. The lowest BCUT2D eigenvalue weighted by molar-refractivity contribution is -0.115. The Morgan fingerprint density at radius 2 is 1.93 bits per heavy atom. The number of nitrogens with zero attached hydrogens (tertiary/aromatic N) is 4. The largest absolute Gasteiger partial charge is 0.302 e. The zero-order valence-electron chi connectivity index (χ0n) is 16.1. The van der Waals surface area contributed by atoms with Crippen LogP contribution in [0.4, 0.5) is 5.13 Å². The van der Waals surface area contributed by atoms with Crippen molar-refractivity contribution in [1.29, 1.82) is 0 Å². The van der Waals surface area contributed by atoms with Crippen molar-refractivity contribution in [2.75, 3.05) is 5.32 Å². The average molecular weight is 402 g/mol. The molecule has 2 heterocycles. The molecule has 6 nitrogen and oxygen atoms in total. The number of aryl methyl sites for hydroxylation is 3. The molecule has 1 aromatic carbocycles. The van der Waals surface area contributed by atoms with Gasteiger partial charge < -0.3 is 9.88 Å². The first-order valence-corrected chi connectivity index (χ1v) is 10.5. The standard InChI is InChI=1S/C19H23N5OS2/c1-6-24-16(15-9-7-11(2)8-10-15)22-23-19(24)27-14(5)17(25)21-18-20-12(3)13(4)26-18/h7-10,14H,6H2,1-5H3,(H,20,21,25)/t14-/m1/s1. The topological polar surface area (TPSA) is 72.7 Å². The van der Waals surface area contributed by atoms with Gasteiger partial charge in [-0.2, -0.15) is 0 Å². The highest BCUT2D eigenvalue weighted by molar-refractivity contribution is 8.00. The normalized spacial score (nSPS) is 12.2. The SMILES string of the molecule is CCn1c(S[C@H](C)C(=O)Nc2nc(C)c(C)s2)nnc1-c1ccc(C)cc1. The molecule has 3 rings (SSSR count). The van der Waals surface area contributed by atoms with Crippen LogP contribution in [0.3, 0.4) is 0 Å². The number of carbonyl (C=O) groups is 1. The number of carbonyl (C=O) groups excluding carboxylic acids is 1. The monoisotopic (exact) mass is 401 g/mol. The van der Waals surface area contributed by atoms with Crippen LogP contribution >= 0.6 is 23.1 Å². The lowest BCUT2D eigenvalue weighted by Gasteiger charge is -2.11. The van der Waals surface area contributed by atoms with Gasteiger partial charge in [-0.3, -0.25) is 4.79 Å². The van der Waals surface area contributed by atoms with Gasteiger partial charge in [0.1, 0.15) is 0 Å². The fourth-order valence-electron chi connectivity index (χ4n) is 2.52. The second-order valence-corrected chi connectivity index (χ2v) is 8.84. The Balaban J connectivity index is 1.74. The van der Waals surface area contributed by atoms with E-state index in [0.717, 1.165) is 33.7 Å². The zero-order chi connectivity index (χ0) is 19.6. The number of benzene rings is 1. The molecule has 2 aromatic heterocycles. The lowest BCUT2D eigenvalue weighted by Crippen LogP contribution is -2.22. The van der Waals surface area contributed by atoms with Gasteiger partial charge in [0.05, 0.1) is 10.9 Å². The maximum atomic E-state index is 12.5. The molecule has 0 aliphatic heterocycles. The summed E-state index contributed by atoms with van der Waals surface area (Å²) >= 11 is 2.90. The second-order valence-electron chi connectivity index (χ2n) is 6.33. The van der Waals surface area contributed by atoms with Crippen LogP contribution in [0.5, 0.6) is 0 Å². The third-order valence-electron chi connectivity index (χ3n) is 4.25. The van der Waals surface area contributed by atoms with E-state index in [1.54, 1.807) is 0 Å². The first kappa shape index (κ1) is 19.6. The number of rotatable bonds is 6. The molecule has 142 valence electrons. The molecule has 0 aliphatic carbocycles. The third kappa shape index (κ3) is 4.39. The molecule has 3 aromatic rings. The van der Waals surface area contributed by atoms with E-state index in [9.17, 15) is 4.79 Å². The number of aromatic nitrogens is 4. The van der Waals surface area contributed by atoms with E-state index in [4.69, 9.17) is 0 Å². The van der Waals surface area contributed by atoms with Crippen molar-refractivity contribution in [3.8, 4) is 11.4 Å². The Kier molecular flexibility index (Phi) is 5.96. The molecule has 0 spiro atoms. The molecule has 0 aliphatic rings. The molecule has 1 N–H and O–H groups in total. The van der Waals surface area contributed by atoms with Crippen LogP contribution in [-0.2, 0) is 11.3 Å². The molecule has 8 heteroatoms. The van der Waals surface area contributed by atoms with E-state index in [1.165, 1.54) is 28.7 Å². The van der Waals surface area contributed by atoms with E-state index in [2.05, 4.69) is 46.5 Å². The molecule has 1 atom stereocenters. The van der Waals surface area contributed by atoms with Crippen LogP contribution in [0.15, 0.2) is 29.4 Å². The molecule has 0 saturated heterocycles. The Hall–Kier alpha value is -2.19. The lowest BCUT2D eigenvalue weighted by atomic mass is 10.1. The highest BCUT2D eigenvalue weighted by Gasteiger charge is 2.21. The summed E-state index contributed by atoms with van der Waals surface area (Å²) in [5.41, 5.74) is 3.17. The molecular weight excluding hydrogens is 378 g/mol. The van der Waals surface area contributed by atoms with Gasteiger partial charge in [-0.05, 0) is 34.6 Å². The number of hydrogen-bond donors (Lipinski definition) is 1. The van der Waals surface area contributed by atoms with E-state index < -0.39 is 0 Å². The number of amides is 1. The summed E-state index contributed by atoms with van der Waals surface area (Å²) in [7, 11) is 0. The first-order chi connectivity index (χ1) is 12.9. The number of thiazole rings is 1. The van der Waals surface area contributed by atoms with Crippen LogP contribution in [0.2, 0.25) is 0 Å². The maximum Gasteiger partial charge on any atom is 0.239 e. The minimum atomic E-state index is -0.310. The minimum absolute atomic E-state index is 0.0868. The van der Waals surface area contributed by atoms with Crippen LogP contribution in [-0.4, -0.2) is 30.9 Å². The van der Waals surface area contributed by atoms with E-state index in [1.807, 2.05) is 37.5 Å². The highest BCUT2D eigenvalue weighted by Crippen LogP contribution is 2.28. The number of anilines is 1. The van der Waals surface area contributed by atoms with Crippen LogP contribution in [0, 0.1) is 20.8 Å². The number of thioether (sulfide) groups is 1. The average Bonchev–Trinajstić information content (AvgIpc) is 3.18. The molecule has 27 heavy (non-hydrogen) atoms. The van der Waals surface area contributed by atoms with Crippen LogP contribution < -0.4 is 5.32 Å². The van der Waals surface area contributed by atoms with E-state index in [0.29, 0.717) is 5.13 Å². The van der Waals surface area contributed by atoms with Gasteiger partial charge in [-0.1, -0.05) is 41.6 Å². The highest BCUT2D eigenvalue weighted by atomic mass is 32.2. The second kappa shape index (κ2) is 8.22. The van der Waals surface area contributed by atoms with Gasteiger partial charge in [0.25, 0.3) is 0 Å². The molecule has 0 saturated carbocycles. The van der Waals surface area contributed by atoms with Crippen molar-refractivity contribution < 1.29 is 4.79 Å². The Morgan fingerprint density at radius 3 is 2.52 bits per heavy atom. The summed E-state index contributed by atoms with van der Waals surface area (Å²) in [5.74, 6) is 0.732. The predicted molar refractivity (Wildman–Crippen MR) is 111 cm³/mol. The van der Waals surface area contributed by atoms with Crippen LogP contribution in [0.25, 0.3) is 11.4 Å². The minimum Gasteiger partial charge on any atom is -0.302 e. The van der Waals surface area contributed by atoms with Crippen molar-refractivity contribution in [3.63, 3.8) is 0 Å². The number of nitrogens with one attached hydrogen (secondary N) is 1. The van der Waals surface area contributed by atoms with Crippen molar-refractivity contribution in [2.24, 2.45) is 0 Å². The smallest absolute Gasteiger partial charge is 0.239 e. The summed E-state index contributed by atoms with van der Waals surface area (Å²) in [5, 5.41) is 12.6. The molecule has 0 fully saturated rings. The van der Waals surface area contributed by atoms with Crippen molar-refractivity contribution in [2.45, 2.75) is 51.6 Å². The first-order valence-electron chi connectivity index (χ1n) is 8.80. The summed E-state index contributed by atoms with van der Waals surface area (Å²) < 4.78 is 2.04. The van der Waals surface area contributed by atoms with Gasteiger partial charge in [-0.15, -0.1) is 21.5 Å². The summed E-state index contributed by atoms with van der Waals surface area (Å²) in [4.78, 5) is 18.0. The van der Waals surface area contributed by atoms with Crippen molar-refractivity contribution in [3.05, 3.63) is 40.4 Å². The van der Waals surface area contributed by atoms with Gasteiger partial charge >= 0.3 is 0 Å². The third-order valence-corrected chi connectivity index (χ3v) is 6.32. The van der Waals surface area contributed by atoms with Gasteiger partial charge in [0.2, 0.25) is 5.91 Å². The molecular formula is C19H23N5OS2. The molecule has 0 radical (unpaired) electrons. The van der Waals surface area contributed by atoms with Gasteiger partial charge in [0, 0.05) is 17.0 Å². The van der Waals surface area contributed by atoms with E-state index >= 15 is 0 Å². The Labute approximate surface area is 167 Å². The Morgan fingerprint density at radius 1 is 1.22 bits per heavy atom. The fourth-order valence-corrected chi connectivity index (χ4v) is 4.25. The van der Waals surface area contributed by atoms with E-state index in [-0.39, 0.29) is 11.2 Å². The van der Waals surface area contributed by atoms with Crippen molar-refractivity contribution >= 4 is 34.1 Å². The Bertz CT molecular complexity index is 926. The summed E-state index contributed by atoms with van der Waals surface area (Å²) in [6.45, 7) is 10.6. The summed E-state index contributed by atoms with van der Waals surface area (Å²) in [6.07, 6.45) is 0. The zero-order valence-corrected chi connectivity index (χ0v) is 17.7. The molecule has 0 unspecified atom stereocenters. The fraction of sp³-hybridized carbons (Fsp3) is 0.368. The van der Waals surface area contributed by atoms with Crippen molar-refractivity contribution in [1.82, 2.24) is 19.7 Å². The van der Waals surface area contributed by atoms with Crippen LogP contribution in [0.1, 0.15) is 30.0 Å². The molecule has 1 amide bonds. The predicted octanol–water partition coefficient (Wildman–Crippen LogP) is 4.47.